The number of rotatable bonds is 15. The highest BCUT2D eigenvalue weighted by atomic mass is 16.6. The summed E-state index contributed by atoms with van der Waals surface area (Å²) in [4.78, 5) is 61.8. The number of aliphatic hydroxyl groups excluding tert-OH is 1. The molecule has 0 aliphatic rings. The van der Waals surface area contributed by atoms with Crippen LogP contribution < -0.4 is 20.7 Å². The fourth-order valence-corrected chi connectivity index (χ4v) is 3.53. The Bertz CT molecular complexity index is 1220. The van der Waals surface area contributed by atoms with Crippen molar-refractivity contribution < 1.29 is 43.3 Å². The van der Waals surface area contributed by atoms with Gasteiger partial charge in [0, 0.05) is 0 Å². The summed E-state index contributed by atoms with van der Waals surface area (Å²) in [6.07, 6.45) is 0.617. The first kappa shape index (κ1) is 33.5. The highest BCUT2D eigenvalue weighted by Gasteiger charge is 2.30. The Morgan fingerprint density at radius 2 is 1.52 bits per heavy atom. The van der Waals surface area contributed by atoms with Crippen molar-refractivity contribution in [3.63, 3.8) is 0 Å². The minimum absolute atomic E-state index is 0.0348. The van der Waals surface area contributed by atoms with Crippen molar-refractivity contribution in [3.8, 4) is 5.75 Å². The highest BCUT2D eigenvalue weighted by Crippen LogP contribution is 2.14. The molecule has 0 aromatic heterocycles. The summed E-state index contributed by atoms with van der Waals surface area (Å²) in [6, 6.07) is 12.1. The number of nitrogens with one attached hydrogen (secondary N) is 3. The third-order valence-electron chi connectivity index (χ3n) is 5.81. The van der Waals surface area contributed by atoms with E-state index in [0.717, 1.165) is 5.56 Å². The summed E-state index contributed by atoms with van der Waals surface area (Å²) in [5, 5.41) is 16.8. The van der Waals surface area contributed by atoms with E-state index in [1.807, 2.05) is 30.3 Å². The van der Waals surface area contributed by atoms with Gasteiger partial charge in [0.1, 0.15) is 37.1 Å². The van der Waals surface area contributed by atoms with Gasteiger partial charge in [0.2, 0.25) is 11.8 Å². The number of hydrogen-bond donors (Lipinski definition) is 4. The standard InChI is InChI=1S/C30H37N3O9/c1-5-15-40-29(38)20(4)31-27(36)24(17-34)32-28(37)26(19(2)3)33-30(39)41-18-22-11-13-23(14-12-22)42-25(35)16-21-9-7-6-8-10-21/h5-14,19-20,24,26,34H,1,15-18H2,2-4H3,(H,31,36)(H,32,37)(H,33,39)/t20-,24-,26-/m0/s1. The molecule has 0 saturated carbocycles. The molecule has 0 radical (unpaired) electrons. The molecule has 0 saturated heterocycles. The smallest absolute Gasteiger partial charge is 0.408 e. The molecule has 0 bridgehead atoms. The second-order valence-electron chi connectivity index (χ2n) is 9.62. The molecule has 2 aromatic rings. The predicted octanol–water partition coefficient (Wildman–Crippen LogP) is 1.80. The van der Waals surface area contributed by atoms with Crippen LogP contribution in [0.1, 0.15) is 31.9 Å². The minimum atomic E-state index is -1.38. The van der Waals surface area contributed by atoms with Gasteiger partial charge in [-0.2, -0.15) is 0 Å². The number of benzene rings is 2. The van der Waals surface area contributed by atoms with Gasteiger partial charge in [0.05, 0.1) is 13.0 Å². The Hall–Kier alpha value is -4.71. The Morgan fingerprint density at radius 1 is 0.857 bits per heavy atom. The zero-order valence-corrected chi connectivity index (χ0v) is 23.8. The van der Waals surface area contributed by atoms with Crippen molar-refractivity contribution in [2.24, 2.45) is 5.92 Å². The molecule has 0 heterocycles. The number of amides is 3. The van der Waals surface area contributed by atoms with Crippen LogP contribution in [-0.4, -0.2) is 66.3 Å². The second-order valence-corrected chi connectivity index (χ2v) is 9.62. The van der Waals surface area contributed by atoms with E-state index in [0.29, 0.717) is 11.3 Å². The number of esters is 2. The van der Waals surface area contributed by atoms with Gasteiger partial charge in [0.25, 0.3) is 0 Å². The van der Waals surface area contributed by atoms with Crippen molar-refractivity contribution in [1.82, 2.24) is 16.0 Å². The largest absolute Gasteiger partial charge is 0.460 e. The van der Waals surface area contributed by atoms with E-state index >= 15 is 0 Å². The topological polar surface area (TPSA) is 169 Å². The summed E-state index contributed by atoms with van der Waals surface area (Å²) in [6.45, 7) is 7.25. The molecule has 2 rings (SSSR count). The van der Waals surface area contributed by atoms with Crippen LogP contribution in [0.15, 0.2) is 67.3 Å². The van der Waals surface area contributed by atoms with E-state index in [9.17, 15) is 29.1 Å². The summed E-state index contributed by atoms with van der Waals surface area (Å²) < 4.78 is 15.4. The lowest BCUT2D eigenvalue weighted by Crippen LogP contribution is -2.57. The van der Waals surface area contributed by atoms with Crippen molar-refractivity contribution in [2.75, 3.05) is 13.2 Å². The van der Waals surface area contributed by atoms with E-state index in [2.05, 4.69) is 22.5 Å². The van der Waals surface area contributed by atoms with Gasteiger partial charge in [0.15, 0.2) is 0 Å². The predicted molar refractivity (Wildman–Crippen MR) is 152 cm³/mol. The third-order valence-corrected chi connectivity index (χ3v) is 5.81. The average molecular weight is 584 g/mol. The van der Waals surface area contributed by atoms with E-state index < -0.39 is 60.5 Å². The van der Waals surface area contributed by atoms with Gasteiger partial charge in [-0.05, 0) is 36.1 Å². The molecule has 3 atom stereocenters. The number of hydrogen-bond acceptors (Lipinski definition) is 9. The van der Waals surface area contributed by atoms with Crippen LogP contribution in [0.3, 0.4) is 0 Å². The van der Waals surface area contributed by atoms with Crippen molar-refractivity contribution in [2.45, 2.75) is 51.9 Å². The van der Waals surface area contributed by atoms with E-state index in [1.54, 1.807) is 38.1 Å². The first-order valence-corrected chi connectivity index (χ1v) is 13.3. The van der Waals surface area contributed by atoms with Gasteiger partial charge in [-0.1, -0.05) is 69.0 Å². The summed E-state index contributed by atoms with van der Waals surface area (Å²) in [5.41, 5.74) is 1.44. The van der Waals surface area contributed by atoms with Crippen LogP contribution in [0.2, 0.25) is 0 Å². The molecule has 3 amide bonds. The average Bonchev–Trinajstić information content (AvgIpc) is 2.97. The van der Waals surface area contributed by atoms with Gasteiger partial charge in [-0.3, -0.25) is 14.4 Å². The van der Waals surface area contributed by atoms with Gasteiger partial charge in [-0.25, -0.2) is 9.59 Å². The molecule has 0 unspecified atom stereocenters. The SMILES string of the molecule is C=CCOC(=O)[C@H](C)NC(=O)[C@H](CO)NC(=O)[C@@H](NC(=O)OCc1ccc(OC(=O)Cc2ccccc2)cc1)C(C)C. The van der Waals surface area contributed by atoms with E-state index in [-0.39, 0.29) is 19.6 Å². The molecule has 12 heteroatoms. The first-order chi connectivity index (χ1) is 20.0. The Morgan fingerprint density at radius 3 is 2.12 bits per heavy atom. The zero-order valence-electron chi connectivity index (χ0n) is 23.8. The maximum absolute atomic E-state index is 12.9. The van der Waals surface area contributed by atoms with Crippen LogP contribution in [0, 0.1) is 5.92 Å². The molecule has 226 valence electrons. The Kier molecular flexibility index (Phi) is 13.7. The van der Waals surface area contributed by atoms with E-state index in [4.69, 9.17) is 14.2 Å². The normalized spacial score (nSPS) is 12.7. The van der Waals surface area contributed by atoms with Crippen LogP contribution in [0.5, 0.6) is 5.75 Å². The van der Waals surface area contributed by atoms with Crippen molar-refractivity contribution >= 4 is 29.8 Å². The molecule has 4 N–H and O–H groups in total. The lowest BCUT2D eigenvalue weighted by atomic mass is 10.0. The zero-order chi connectivity index (χ0) is 31.1. The lowest BCUT2D eigenvalue weighted by Gasteiger charge is -2.24. The maximum atomic E-state index is 12.9. The Labute approximate surface area is 244 Å². The number of carbonyl (C=O) groups is 5. The van der Waals surface area contributed by atoms with Gasteiger partial charge >= 0.3 is 18.0 Å². The summed E-state index contributed by atoms with van der Waals surface area (Å²) in [7, 11) is 0. The monoisotopic (exact) mass is 583 g/mol. The molecule has 0 aliphatic carbocycles. The third kappa shape index (κ3) is 11.4. The molecule has 0 spiro atoms. The summed E-state index contributed by atoms with van der Waals surface area (Å²) in [5.74, 6) is -2.74. The fourth-order valence-electron chi connectivity index (χ4n) is 3.53. The van der Waals surface area contributed by atoms with Crippen LogP contribution in [0.25, 0.3) is 0 Å². The minimum Gasteiger partial charge on any atom is -0.460 e. The molecular formula is C30H37N3O9. The first-order valence-electron chi connectivity index (χ1n) is 13.3. The van der Waals surface area contributed by atoms with Crippen molar-refractivity contribution in [1.29, 1.82) is 0 Å². The molecule has 0 fully saturated rings. The quantitative estimate of drug-likeness (QED) is 0.139. The Balaban J connectivity index is 1.86. The molecule has 42 heavy (non-hydrogen) atoms. The number of aliphatic hydroxyl groups is 1. The van der Waals surface area contributed by atoms with Gasteiger partial charge < -0.3 is 35.3 Å². The maximum Gasteiger partial charge on any atom is 0.408 e. The van der Waals surface area contributed by atoms with Crippen molar-refractivity contribution in [3.05, 3.63) is 78.4 Å². The molecule has 2 aromatic carbocycles. The highest BCUT2D eigenvalue weighted by molar-refractivity contribution is 5.93. The number of ether oxygens (including phenoxy) is 3. The van der Waals surface area contributed by atoms with Crippen LogP contribution in [-0.2, 0) is 41.7 Å². The second kappa shape index (κ2) is 17.2. The molecule has 12 nitrogen and oxygen atoms in total. The lowest BCUT2D eigenvalue weighted by molar-refractivity contribution is -0.146. The number of carbonyl (C=O) groups excluding carboxylic acids is 5. The van der Waals surface area contributed by atoms with Crippen LogP contribution in [0.4, 0.5) is 4.79 Å². The fraction of sp³-hybridized carbons (Fsp3) is 0.367. The van der Waals surface area contributed by atoms with E-state index in [1.165, 1.54) is 13.0 Å². The number of alkyl carbamates (subject to hydrolysis) is 1. The summed E-state index contributed by atoms with van der Waals surface area (Å²) >= 11 is 0. The molecular weight excluding hydrogens is 546 g/mol. The van der Waals surface area contributed by atoms with Gasteiger partial charge in [-0.15, -0.1) is 0 Å². The van der Waals surface area contributed by atoms with Crippen LogP contribution >= 0.6 is 0 Å². The molecule has 0 aliphatic heterocycles.